The lowest BCUT2D eigenvalue weighted by Gasteiger charge is -2.27. The Balaban J connectivity index is 1.40. The van der Waals surface area contributed by atoms with E-state index < -0.39 is 0 Å². The predicted molar refractivity (Wildman–Crippen MR) is 146 cm³/mol. The third kappa shape index (κ3) is 3.77. The van der Waals surface area contributed by atoms with Gasteiger partial charge < -0.3 is 24.5 Å². The van der Waals surface area contributed by atoms with Gasteiger partial charge in [0.2, 0.25) is 0 Å². The van der Waals surface area contributed by atoms with Crippen LogP contribution in [0.5, 0.6) is 5.75 Å². The molecule has 6 rings (SSSR count). The normalized spacial score (nSPS) is 21.1. The van der Waals surface area contributed by atoms with E-state index in [2.05, 4.69) is 25.1 Å². The minimum absolute atomic E-state index is 0.0214. The molecule has 2 aliphatic rings. The predicted octanol–water partition coefficient (Wildman–Crippen LogP) is 4.29. The van der Waals surface area contributed by atoms with Crippen LogP contribution in [0.1, 0.15) is 47.3 Å². The fourth-order valence-electron chi connectivity index (χ4n) is 6.38. The van der Waals surface area contributed by atoms with Gasteiger partial charge in [-0.05, 0) is 54.5 Å². The second-order valence-electron chi connectivity index (χ2n) is 10.6. The van der Waals surface area contributed by atoms with Gasteiger partial charge in [0.25, 0.3) is 5.91 Å². The van der Waals surface area contributed by atoms with Gasteiger partial charge in [0, 0.05) is 37.8 Å². The lowest BCUT2D eigenvalue weighted by Crippen LogP contribution is -2.41. The van der Waals surface area contributed by atoms with Crippen molar-refractivity contribution in [2.75, 3.05) is 13.7 Å². The average Bonchev–Trinajstić information content (AvgIpc) is 3.69. The second kappa shape index (κ2) is 9.34. The number of nitrogens with two attached hydrogens (primary N) is 1. The van der Waals surface area contributed by atoms with E-state index in [9.17, 15) is 10.1 Å². The molecule has 1 amide bonds. The molecule has 1 saturated heterocycles. The Kier molecular flexibility index (Phi) is 5.96. The van der Waals surface area contributed by atoms with Gasteiger partial charge in [-0.25, -0.2) is 4.98 Å². The molecule has 0 radical (unpaired) electrons. The van der Waals surface area contributed by atoms with Crippen LogP contribution < -0.4 is 10.5 Å². The molecule has 1 aliphatic carbocycles. The van der Waals surface area contributed by atoms with Crippen LogP contribution in [-0.2, 0) is 13.6 Å². The number of ether oxygens (including phenoxy) is 1. The van der Waals surface area contributed by atoms with E-state index >= 15 is 0 Å². The number of carbonyl (C=O) groups excluding carboxylic acids is 1. The molecule has 3 heterocycles. The fraction of sp³-hybridized carbons (Fsp3) is 0.367. The number of aromatic nitrogens is 3. The molecular formula is C30H32N6O2. The summed E-state index contributed by atoms with van der Waals surface area (Å²) in [5.74, 6) is 1.87. The molecule has 1 aliphatic heterocycles. The van der Waals surface area contributed by atoms with Crippen molar-refractivity contribution < 1.29 is 9.53 Å². The number of hydrogen-bond acceptors (Lipinski definition) is 5. The van der Waals surface area contributed by atoms with Crippen LogP contribution in [0.15, 0.2) is 54.6 Å². The van der Waals surface area contributed by atoms with Gasteiger partial charge in [0.15, 0.2) is 5.82 Å². The number of nitrogens with zero attached hydrogens (tertiary/aromatic N) is 5. The highest BCUT2D eigenvalue weighted by Crippen LogP contribution is 2.39. The summed E-state index contributed by atoms with van der Waals surface area (Å²) in [5, 5.41) is 9.85. The number of piperidine rings is 1. The number of rotatable bonds is 6. The quantitative estimate of drug-likeness (QED) is 0.419. The zero-order chi connectivity index (χ0) is 26.6. The monoisotopic (exact) mass is 508 g/mol. The second-order valence-corrected chi connectivity index (χ2v) is 10.6. The summed E-state index contributed by atoms with van der Waals surface area (Å²) in [6, 6.07) is 20.2. The van der Waals surface area contributed by atoms with Gasteiger partial charge in [-0.2, -0.15) is 5.26 Å². The summed E-state index contributed by atoms with van der Waals surface area (Å²) >= 11 is 0. The number of methoxy groups -OCH3 is 1. The summed E-state index contributed by atoms with van der Waals surface area (Å²) < 4.78 is 9.77. The molecule has 2 aromatic carbocycles. The lowest BCUT2D eigenvalue weighted by atomic mass is 10.0. The van der Waals surface area contributed by atoms with Crippen LogP contribution in [-0.4, -0.2) is 50.7 Å². The number of nitriles is 1. The summed E-state index contributed by atoms with van der Waals surface area (Å²) in [4.78, 5) is 20.4. The molecule has 2 N–H and O–H groups in total. The Hall–Kier alpha value is -4.09. The maximum Gasteiger partial charge on any atom is 0.254 e. The molecule has 0 spiro atoms. The fourth-order valence-corrected chi connectivity index (χ4v) is 6.38. The first-order valence-corrected chi connectivity index (χ1v) is 13.2. The molecule has 2 aromatic heterocycles. The third-order valence-electron chi connectivity index (χ3n) is 8.46. The zero-order valence-electron chi connectivity index (χ0n) is 22.0. The van der Waals surface area contributed by atoms with E-state index in [1.165, 1.54) is 5.56 Å². The van der Waals surface area contributed by atoms with Crippen molar-refractivity contribution in [3.63, 3.8) is 0 Å². The molecule has 2 bridgehead atoms. The van der Waals surface area contributed by atoms with E-state index in [1.54, 1.807) is 7.11 Å². The molecule has 1 saturated carbocycles. The van der Waals surface area contributed by atoms with Crippen LogP contribution in [0.3, 0.4) is 0 Å². The Labute approximate surface area is 222 Å². The van der Waals surface area contributed by atoms with Crippen molar-refractivity contribution in [2.24, 2.45) is 18.7 Å². The van der Waals surface area contributed by atoms with Crippen molar-refractivity contribution in [2.45, 2.75) is 44.3 Å². The summed E-state index contributed by atoms with van der Waals surface area (Å²) in [6.45, 7) is 3.51. The molecule has 38 heavy (non-hydrogen) atoms. The number of amides is 1. The first kappa shape index (κ1) is 24.3. The Morgan fingerprint density at radius 1 is 1.21 bits per heavy atom. The number of benzene rings is 2. The van der Waals surface area contributed by atoms with Crippen molar-refractivity contribution in [1.82, 2.24) is 19.0 Å². The zero-order valence-corrected chi connectivity index (χ0v) is 22.0. The highest BCUT2D eigenvalue weighted by Gasteiger charge is 2.47. The minimum atomic E-state index is -0.0214. The van der Waals surface area contributed by atoms with E-state index in [-0.39, 0.29) is 23.9 Å². The number of hydrogen-bond donors (Lipinski definition) is 1. The molecule has 194 valence electrons. The van der Waals surface area contributed by atoms with Crippen molar-refractivity contribution in [1.29, 1.82) is 5.26 Å². The topological polar surface area (TPSA) is 102 Å². The standard InChI is InChI=1S/C30H32N6O2/c1-18(19-7-5-4-6-8-19)16-35-22(15-31)10-12-25(35)29-33-23-13-21(14-26(38-3)28(23)34(29)2)30(37)36-17-20-9-11-24(36)27(20)32/h4-8,10,12-14,18,20,24,27H,9,11,16-17,32H2,1-3H3/t18-,20-,24-,27-/m1/s1. The Morgan fingerprint density at radius 2 is 2.00 bits per heavy atom. The number of aryl methyl sites for hydroxylation is 1. The lowest BCUT2D eigenvalue weighted by molar-refractivity contribution is 0.0700. The largest absolute Gasteiger partial charge is 0.494 e. The highest BCUT2D eigenvalue weighted by molar-refractivity contribution is 6.00. The smallest absolute Gasteiger partial charge is 0.254 e. The first-order valence-electron chi connectivity index (χ1n) is 13.2. The summed E-state index contributed by atoms with van der Waals surface area (Å²) in [6.07, 6.45) is 2.05. The third-order valence-corrected chi connectivity index (χ3v) is 8.46. The molecule has 2 fully saturated rings. The number of fused-ring (bicyclic) bond motifs is 3. The van der Waals surface area contributed by atoms with Gasteiger partial charge in [-0.1, -0.05) is 37.3 Å². The van der Waals surface area contributed by atoms with Crippen LogP contribution in [0.2, 0.25) is 0 Å². The first-order chi connectivity index (χ1) is 18.4. The van der Waals surface area contributed by atoms with E-state index in [0.717, 1.165) is 24.1 Å². The van der Waals surface area contributed by atoms with Crippen molar-refractivity contribution in [3.8, 4) is 23.3 Å². The van der Waals surface area contributed by atoms with Crippen LogP contribution in [0, 0.1) is 17.2 Å². The average molecular weight is 509 g/mol. The van der Waals surface area contributed by atoms with Gasteiger partial charge in [0.1, 0.15) is 23.0 Å². The molecular weight excluding hydrogens is 476 g/mol. The van der Waals surface area contributed by atoms with Crippen LogP contribution in [0.25, 0.3) is 22.6 Å². The maximum atomic E-state index is 13.5. The van der Waals surface area contributed by atoms with Crippen LogP contribution >= 0.6 is 0 Å². The van der Waals surface area contributed by atoms with E-state index in [1.807, 2.05) is 63.5 Å². The molecule has 8 heteroatoms. The summed E-state index contributed by atoms with van der Waals surface area (Å²) in [5.41, 5.74) is 11.1. The Bertz CT molecular complexity index is 1560. The van der Waals surface area contributed by atoms with E-state index in [4.69, 9.17) is 15.5 Å². The van der Waals surface area contributed by atoms with Gasteiger partial charge in [0.05, 0.1) is 18.3 Å². The van der Waals surface area contributed by atoms with E-state index in [0.29, 0.717) is 47.4 Å². The number of likely N-dealkylation sites (tertiary alicyclic amines) is 1. The summed E-state index contributed by atoms with van der Waals surface area (Å²) in [7, 11) is 3.55. The number of imidazole rings is 1. The SMILES string of the molecule is COc1cc(C(=O)N2C[C@H]3CC[C@@H]2[C@@H]3N)cc2nc(-c3ccc(C#N)n3C[C@@H](C)c3ccccc3)n(C)c12. The van der Waals surface area contributed by atoms with Gasteiger partial charge in [-0.15, -0.1) is 0 Å². The molecule has 8 nitrogen and oxygen atoms in total. The Morgan fingerprint density at radius 3 is 2.66 bits per heavy atom. The van der Waals surface area contributed by atoms with Crippen molar-refractivity contribution in [3.05, 3.63) is 71.4 Å². The van der Waals surface area contributed by atoms with Crippen molar-refractivity contribution >= 4 is 16.9 Å². The number of carbonyl (C=O) groups is 1. The maximum absolute atomic E-state index is 13.5. The van der Waals surface area contributed by atoms with Gasteiger partial charge in [-0.3, -0.25) is 4.79 Å². The van der Waals surface area contributed by atoms with Gasteiger partial charge >= 0.3 is 0 Å². The molecule has 0 unspecified atom stereocenters. The minimum Gasteiger partial charge on any atom is -0.494 e. The highest BCUT2D eigenvalue weighted by atomic mass is 16.5. The molecule has 4 atom stereocenters. The molecule has 4 aromatic rings. The van der Waals surface area contributed by atoms with Crippen LogP contribution in [0.4, 0.5) is 0 Å².